The summed E-state index contributed by atoms with van der Waals surface area (Å²) in [5.41, 5.74) is 0. The first kappa shape index (κ1) is 11.4. The van der Waals surface area contributed by atoms with Crippen LogP contribution in [0.5, 0.6) is 0 Å². The summed E-state index contributed by atoms with van der Waals surface area (Å²) in [5.74, 6) is 2.57. The third-order valence-electron chi connectivity index (χ3n) is 1.33. The lowest BCUT2D eigenvalue weighted by molar-refractivity contribution is 0.0940. The van der Waals surface area contributed by atoms with E-state index >= 15 is 0 Å². The van der Waals surface area contributed by atoms with Gasteiger partial charge < -0.3 is 15.2 Å². The second-order valence-electron chi connectivity index (χ2n) is 2.39. The summed E-state index contributed by atoms with van der Waals surface area (Å²) in [4.78, 5) is 0. The molecule has 3 heteroatoms. The first-order valence-electron chi connectivity index (χ1n) is 4.24. The highest BCUT2D eigenvalue weighted by molar-refractivity contribution is 4.83. The third-order valence-corrected chi connectivity index (χ3v) is 1.33. The fourth-order valence-electron chi connectivity index (χ4n) is 0.751. The van der Waals surface area contributed by atoms with E-state index in [2.05, 4.69) is 11.2 Å². The van der Waals surface area contributed by atoms with E-state index in [-0.39, 0.29) is 6.61 Å². The molecule has 0 unspecified atom stereocenters. The molecule has 2 N–H and O–H groups in total. The fraction of sp³-hybridized carbons (Fsp3) is 0.778. The van der Waals surface area contributed by atoms with E-state index in [1.54, 1.807) is 0 Å². The Morgan fingerprint density at radius 1 is 1.33 bits per heavy atom. The zero-order valence-electron chi connectivity index (χ0n) is 7.38. The molecular weight excluding hydrogens is 154 g/mol. The maximum absolute atomic E-state index is 8.37. The van der Waals surface area contributed by atoms with Crippen molar-refractivity contribution in [3.05, 3.63) is 0 Å². The summed E-state index contributed by atoms with van der Waals surface area (Å²) in [6.45, 7) is 2.93. The van der Waals surface area contributed by atoms with Crippen molar-refractivity contribution in [1.82, 2.24) is 5.32 Å². The first-order chi connectivity index (χ1) is 5.91. The van der Waals surface area contributed by atoms with Crippen LogP contribution >= 0.6 is 0 Å². The summed E-state index contributed by atoms with van der Waals surface area (Å²) >= 11 is 0. The van der Waals surface area contributed by atoms with Crippen molar-refractivity contribution in [2.24, 2.45) is 0 Å². The fourth-order valence-corrected chi connectivity index (χ4v) is 0.751. The Kier molecular flexibility index (Phi) is 9.95. The van der Waals surface area contributed by atoms with E-state index in [4.69, 9.17) is 16.3 Å². The predicted octanol–water partition coefficient (Wildman–Crippen LogP) is -0.00170. The smallest absolute Gasteiger partial charge is 0.0698 e. The van der Waals surface area contributed by atoms with Gasteiger partial charge in [0.15, 0.2) is 0 Å². The van der Waals surface area contributed by atoms with Gasteiger partial charge in [-0.1, -0.05) is 0 Å². The lowest BCUT2D eigenvalue weighted by atomic mass is 10.3. The molecule has 3 nitrogen and oxygen atoms in total. The Bertz CT molecular complexity index is 120. The number of aliphatic hydroxyl groups excluding tert-OH is 1. The Labute approximate surface area is 74.1 Å². The minimum atomic E-state index is 0.0943. The number of unbranched alkanes of at least 4 members (excludes halogenated alkanes) is 1. The summed E-state index contributed by atoms with van der Waals surface area (Å²) in [5, 5.41) is 11.5. The maximum Gasteiger partial charge on any atom is 0.0698 e. The number of terminal acetylenes is 1. The van der Waals surface area contributed by atoms with Crippen LogP contribution in [0.4, 0.5) is 0 Å². The largest absolute Gasteiger partial charge is 0.394 e. The molecule has 0 radical (unpaired) electrons. The van der Waals surface area contributed by atoms with E-state index < -0.39 is 0 Å². The van der Waals surface area contributed by atoms with Crippen LogP contribution in [-0.4, -0.2) is 38.0 Å². The molecule has 0 heterocycles. The molecular formula is C9H17NO2. The van der Waals surface area contributed by atoms with Crippen LogP contribution in [0, 0.1) is 12.3 Å². The van der Waals surface area contributed by atoms with Crippen molar-refractivity contribution in [2.75, 3.05) is 32.9 Å². The zero-order chi connectivity index (χ0) is 9.07. The number of hydrogen-bond acceptors (Lipinski definition) is 3. The van der Waals surface area contributed by atoms with Gasteiger partial charge in [0.25, 0.3) is 0 Å². The summed E-state index contributed by atoms with van der Waals surface area (Å²) in [6.07, 6.45) is 6.91. The number of hydrogen-bond donors (Lipinski definition) is 2. The van der Waals surface area contributed by atoms with E-state index in [1.807, 2.05) is 0 Å². The van der Waals surface area contributed by atoms with Gasteiger partial charge in [0.1, 0.15) is 0 Å². The summed E-state index contributed by atoms with van der Waals surface area (Å²) in [6, 6.07) is 0. The second-order valence-corrected chi connectivity index (χ2v) is 2.39. The molecule has 0 aliphatic carbocycles. The number of ether oxygens (including phenoxy) is 1. The van der Waals surface area contributed by atoms with Gasteiger partial charge in [0, 0.05) is 13.0 Å². The number of rotatable bonds is 8. The minimum absolute atomic E-state index is 0.0943. The topological polar surface area (TPSA) is 41.5 Å². The normalized spacial score (nSPS) is 9.67. The van der Waals surface area contributed by atoms with Gasteiger partial charge in [0.2, 0.25) is 0 Å². The van der Waals surface area contributed by atoms with Crippen LogP contribution in [0.3, 0.4) is 0 Å². The molecule has 0 aromatic carbocycles. The quantitative estimate of drug-likeness (QED) is 0.399. The van der Waals surface area contributed by atoms with Crippen LogP contribution < -0.4 is 5.32 Å². The Balaban J connectivity index is 2.78. The van der Waals surface area contributed by atoms with Gasteiger partial charge in [-0.3, -0.25) is 0 Å². The van der Waals surface area contributed by atoms with Crippen LogP contribution in [0.1, 0.15) is 12.8 Å². The highest BCUT2D eigenvalue weighted by atomic mass is 16.5. The molecule has 0 aromatic heterocycles. The van der Waals surface area contributed by atoms with Gasteiger partial charge in [-0.2, -0.15) is 0 Å². The summed E-state index contributed by atoms with van der Waals surface area (Å²) < 4.78 is 5.04. The second kappa shape index (κ2) is 10.4. The van der Waals surface area contributed by atoms with E-state index in [0.29, 0.717) is 13.2 Å². The molecule has 70 valence electrons. The van der Waals surface area contributed by atoms with Gasteiger partial charge in [-0.05, 0) is 13.0 Å². The van der Waals surface area contributed by atoms with E-state index in [9.17, 15) is 0 Å². The van der Waals surface area contributed by atoms with Crippen molar-refractivity contribution in [3.8, 4) is 12.3 Å². The molecule has 0 rings (SSSR count). The van der Waals surface area contributed by atoms with E-state index in [0.717, 1.165) is 25.9 Å². The molecule has 0 aliphatic rings. The van der Waals surface area contributed by atoms with E-state index in [1.165, 1.54) is 0 Å². The van der Waals surface area contributed by atoms with Gasteiger partial charge in [-0.25, -0.2) is 0 Å². The van der Waals surface area contributed by atoms with Crippen LogP contribution in [0.25, 0.3) is 0 Å². The molecule has 0 amide bonds. The van der Waals surface area contributed by atoms with Crippen molar-refractivity contribution in [1.29, 1.82) is 0 Å². The average Bonchev–Trinajstić information content (AvgIpc) is 2.10. The standard InChI is InChI=1S/C9H17NO2/c1-2-3-4-5-10-6-8-12-9-7-11/h1,10-11H,3-9H2. The Morgan fingerprint density at radius 3 is 2.83 bits per heavy atom. The van der Waals surface area contributed by atoms with Crippen molar-refractivity contribution >= 4 is 0 Å². The van der Waals surface area contributed by atoms with Crippen molar-refractivity contribution < 1.29 is 9.84 Å². The van der Waals surface area contributed by atoms with Crippen LogP contribution in [0.2, 0.25) is 0 Å². The zero-order valence-corrected chi connectivity index (χ0v) is 7.38. The lowest BCUT2D eigenvalue weighted by Crippen LogP contribution is -2.21. The van der Waals surface area contributed by atoms with Gasteiger partial charge in [0.05, 0.1) is 19.8 Å². The number of aliphatic hydroxyl groups is 1. The molecule has 0 fully saturated rings. The highest BCUT2D eigenvalue weighted by Crippen LogP contribution is 1.82. The molecule has 0 aliphatic heterocycles. The summed E-state index contributed by atoms with van der Waals surface area (Å²) in [7, 11) is 0. The van der Waals surface area contributed by atoms with Crippen LogP contribution in [0.15, 0.2) is 0 Å². The van der Waals surface area contributed by atoms with Gasteiger partial charge >= 0.3 is 0 Å². The molecule has 0 aromatic rings. The third kappa shape index (κ3) is 9.44. The highest BCUT2D eigenvalue weighted by Gasteiger charge is 1.87. The van der Waals surface area contributed by atoms with Crippen molar-refractivity contribution in [3.63, 3.8) is 0 Å². The number of nitrogens with one attached hydrogen (secondary N) is 1. The molecule has 0 bridgehead atoms. The molecule has 0 spiro atoms. The van der Waals surface area contributed by atoms with Gasteiger partial charge in [-0.15, -0.1) is 12.3 Å². The minimum Gasteiger partial charge on any atom is -0.394 e. The molecule has 0 saturated carbocycles. The Hall–Kier alpha value is -0.560. The molecule has 0 atom stereocenters. The maximum atomic E-state index is 8.37. The monoisotopic (exact) mass is 171 g/mol. The SMILES string of the molecule is C#CCCCNCCOCCO. The van der Waals surface area contributed by atoms with Crippen molar-refractivity contribution in [2.45, 2.75) is 12.8 Å². The lowest BCUT2D eigenvalue weighted by Gasteiger charge is -2.03. The predicted molar refractivity (Wildman–Crippen MR) is 48.8 cm³/mol. The average molecular weight is 171 g/mol. The Morgan fingerprint density at radius 2 is 2.17 bits per heavy atom. The molecule has 0 saturated heterocycles. The first-order valence-corrected chi connectivity index (χ1v) is 4.24. The molecule has 12 heavy (non-hydrogen) atoms. The van der Waals surface area contributed by atoms with Crippen LogP contribution in [-0.2, 0) is 4.74 Å².